The SMILES string of the molecule is CCCCCCN(C(=O)Nc1ccc(OC(F)(F)F)cc1)C1Cc2ccccc2C1SC(C)(C)C(=O)O. The topological polar surface area (TPSA) is 78.9 Å². The first-order chi connectivity index (χ1) is 17.4. The van der Waals surface area contributed by atoms with E-state index < -0.39 is 17.1 Å². The van der Waals surface area contributed by atoms with Gasteiger partial charge in [0, 0.05) is 12.2 Å². The maximum Gasteiger partial charge on any atom is 0.573 e. The predicted molar refractivity (Wildman–Crippen MR) is 139 cm³/mol. The van der Waals surface area contributed by atoms with Crippen LogP contribution in [0.25, 0.3) is 0 Å². The molecule has 37 heavy (non-hydrogen) atoms. The zero-order valence-electron chi connectivity index (χ0n) is 21.2. The van der Waals surface area contributed by atoms with Crippen molar-refractivity contribution in [2.24, 2.45) is 0 Å². The number of amides is 2. The second-order valence-corrected chi connectivity index (χ2v) is 11.3. The summed E-state index contributed by atoms with van der Waals surface area (Å²) >= 11 is 1.33. The molecule has 2 N–H and O–H groups in total. The quantitative estimate of drug-likeness (QED) is 0.294. The second-order valence-electron chi connectivity index (χ2n) is 9.58. The summed E-state index contributed by atoms with van der Waals surface area (Å²) < 4.78 is 40.3. The number of hydrogen-bond acceptors (Lipinski definition) is 4. The van der Waals surface area contributed by atoms with Crippen molar-refractivity contribution >= 4 is 29.4 Å². The van der Waals surface area contributed by atoms with Crippen molar-refractivity contribution in [3.8, 4) is 5.75 Å². The monoisotopic (exact) mass is 538 g/mol. The van der Waals surface area contributed by atoms with Crippen LogP contribution in [-0.4, -0.2) is 45.7 Å². The number of ether oxygens (including phenoxy) is 1. The molecule has 0 heterocycles. The van der Waals surface area contributed by atoms with Crippen LogP contribution in [0.3, 0.4) is 0 Å². The molecule has 0 saturated carbocycles. The molecule has 0 fully saturated rings. The summed E-state index contributed by atoms with van der Waals surface area (Å²) in [6.07, 6.45) is -0.408. The van der Waals surface area contributed by atoms with Crippen molar-refractivity contribution in [3.05, 3.63) is 59.7 Å². The first-order valence-electron chi connectivity index (χ1n) is 12.3. The number of halogens is 3. The van der Waals surface area contributed by atoms with Crippen molar-refractivity contribution < 1.29 is 32.6 Å². The summed E-state index contributed by atoms with van der Waals surface area (Å²) in [6, 6.07) is 12.2. The summed E-state index contributed by atoms with van der Waals surface area (Å²) in [6.45, 7) is 5.90. The number of aliphatic carboxylic acids is 1. The molecule has 0 saturated heterocycles. The number of hydrogen-bond donors (Lipinski definition) is 2. The molecule has 6 nitrogen and oxygen atoms in total. The van der Waals surface area contributed by atoms with Crippen LogP contribution in [0.2, 0.25) is 0 Å². The highest BCUT2D eigenvalue weighted by atomic mass is 32.2. The van der Waals surface area contributed by atoms with E-state index in [1.807, 2.05) is 24.3 Å². The van der Waals surface area contributed by atoms with E-state index in [0.717, 1.165) is 48.9 Å². The van der Waals surface area contributed by atoms with Gasteiger partial charge in [0.05, 0.1) is 11.3 Å². The Labute approximate surface area is 219 Å². The van der Waals surface area contributed by atoms with Crippen molar-refractivity contribution in [1.29, 1.82) is 0 Å². The summed E-state index contributed by atoms with van der Waals surface area (Å²) in [5, 5.41) is 12.3. The molecule has 2 unspecified atom stereocenters. The van der Waals surface area contributed by atoms with E-state index in [1.54, 1.807) is 18.7 Å². The third-order valence-corrected chi connectivity index (χ3v) is 7.92. The number of carboxylic acid groups (broad SMARTS) is 1. The average molecular weight is 539 g/mol. The van der Waals surface area contributed by atoms with Crippen LogP contribution in [0.15, 0.2) is 48.5 Å². The summed E-state index contributed by atoms with van der Waals surface area (Å²) in [5.74, 6) is -1.30. The highest BCUT2D eigenvalue weighted by Gasteiger charge is 2.43. The zero-order chi connectivity index (χ0) is 27.2. The van der Waals surface area contributed by atoms with Gasteiger partial charge in [-0.1, -0.05) is 50.5 Å². The number of benzene rings is 2. The summed E-state index contributed by atoms with van der Waals surface area (Å²) in [5.41, 5.74) is 2.43. The molecule has 0 aliphatic heterocycles. The van der Waals surface area contributed by atoms with Gasteiger partial charge in [0.25, 0.3) is 0 Å². The molecule has 202 valence electrons. The summed E-state index contributed by atoms with van der Waals surface area (Å²) in [4.78, 5) is 27.2. The zero-order valence-corrected chi connectivity index (χ0v) is 22.0. The molecule has 1 aliphatic rings. The van der Waals surface area contributed by atoms with E-state index in [1.165, 1.54) is 23.9 Å². The lowest BCUT2D eigenvalue weighted by atomic mass is 10.1. The third-order valence-electron chi connectivity index (χ3n) is 6.33. The van der Waals surface area contributed by atoms with Crippen LogP contribution in [0, 0.1) is 0 Å². The molecule has 0 aromatic heterocycles. The molecule has 2 aromatic carbocycles. The normalized spacial score (nSPS) is 17.2. The molecule has 2 atom stereocenters. The van der Waals surface area contributed by atoms with Crippen LogP contribution in [-0.2, 0) is 11.2 Å². The van der Waals surface area contributed by atoms with Gasteiger partial charge >= 0.3 is 18.4 Å². The van der Waals surface area contributed by atoms with Gasteiger partial charge < -0.3 is 20.1 Å². The molecule has 0 spiro atoms. The first-order valence-corrected chi connectivity index (χ1v) is 13.2. The molecule has 3 rings (SSSR count). The molecule has 0 bridgehead atoms. The van der Waals surface area contributed by atoms with Crippen LogP contribution in [0.4, 0.5) is 23.7 Å². The van der Waals surface area contributed by atoms with Gasteiger partial charge in [-0.05, 0) is 62.1 Å². The van der Waals surface area contributed by atoms with Gasteiger partial charge in [-0.3, -0.25) is 4.79 Å². The highest BCUT2D eigenvalue weighted by molar-refractivity contribution is 8.01. The number of thioether (sulfide) groups is 1. The standard InChI is InChI=1S/C27H33F3N2O4S/c1-4-5-6-9-16-32(25(35)31-19-12-14-20(15-13-19)36-27(28,29)30)22-17-18-10-7-8-11-21(18)23(22)37-26(2,3)24(33)34/h7-8,10-15,22-23H,4-6,9,16-17H2,1-3H3,(H,31,35)(H,33,34). The smallest absolute Gasteiger partial charge is 0.480 e. The number of nitrogens with one attached hydrogen (secondary N) is 1. The number of nitrogens with zero attached hydrogens (tertiary/aromatic N) is 1. The average Bonchev–Trinajstić information content (AvgIpc) is 3.16. The largest absolute Gasteiger partial charge is 0.573 e. The fourth-order valence-corrected chi connectivity index (χ4v) is 5.88. The second kappa shape index (κ2) is 12.1. The summed E-state index contributed by atoms with van der Waals surface area (Å²) in [7, 11) is 0. The van der Waals surface area contributed by atoms with Gasteiger partial charge in [-0.25, -0.2) is 4.79 Å². The first kappa shape index (κ1) is 28.7. The Hall–Kier alpha value is -2.88. The Balaban J connectivity index is 1.85. The highest BCUT2D eigenvalue weighted by Crippen LogP contribution is 2.48. The number of alkyl halides is 3. The van der Waals surface area contributed by atoms with Gasteiger partial charge in [-0.2, -0.15) is 0 Å². The maximum atomic E-state index is 13.6. The molecule has 2 amide bonds. The minimum atomic E-state index is -4.80. The van der Waals surface area contributed by atoms with Gasteiger partial charge in [-0.15, -0.1) is 24.9 Å². The van der Waals surface area contributed by atoms with Crippen molar-refractivity contribution in [3.63, 3.8) is 0 Å². The van der Waals surface area contributed by atoms with Crippen molar-refractivity contribution in [2.45, 2.75) is 75.3 Å². The van der Waals surface area contributed by atoms with Gasteiger partial charge in [0.2, 0.25) is 0 Å². The number of carboxylic acids is 1. The Morgan fingerprint density at radius 1 is 1.08 bits per heavy atom. The van der Waals surface area contributed by atoms with Crippen LogP contribution >= 0.6 is 11.8 Å². The van der Waals surface area contributed by atoms with E-state index in [0.29, 0.717) is 18.7 Å². The van der Waals surface area contributed by atoms with Gasteiger partial charge in [0.15, 0.2) is 0 Å². The molecule has 1 aliphatic carbocycles. The van der Waals surface area contributed by atoms with E-state index in [9.17, 15) is 27.9 Å². The lowest BCUT2D eigenvalue weighted by Gasteiger charge is -2.35. The van der Waals surface area contributed by atoms with Gasteiger partial charge in [0.1, 0.15) is 10.5 Å². The lowest BCUT2D eigenvalue weighted by molar-refractivity contribution is -0.274. The van der Waals surface area contributed by atoms with E-state index in [4.69, 9.17) is 0 Å². The van der Waals surface area contributed by atoms with Crippen LogP contribution < -0.4 is 10.1 Å². The number of rotatable bonds is 11. The third kappa shape index (κ3) is 7.80. The van der Waals surface area contributed by atoms with Crippen LogP contribution in [0.1, 0.15) is 62.8 Å². The van der Waals surface area contributed by atoms with Crippen molar-refractivity contribution in [2.75, 3.05) is 11.9 Å². The Bertz CT molecular complexity index is 1080. The number of carbonyl (C=O) groups excluding carboxylic acids is 1. The number of urea groups is 1. The molecular weight excluding hydrogens is 505 g/mol. The molecule has 10 heteroatoms. The fraction of sp³-hybridized carbons (Fsp3) is 0.481. The Morgan fingerprint density at radius 2 is 1.76 bits per heavy atom. The maximum absolute atomic E-state index is 13.6. The molecule has 2 aromatic rings. The number of fused-ring (bicyclic) bond motifs is 1. The van der Waals surface area contributed by atoms with E-state index >= 15 is 0 Å². The predicted octanol–water partition coefficient (Wildman–Crippen LogP) is 7.26. The number of carbonyl (C=O) groups is 2. The Kier molecular flexibility index (Phi) is 9.39. The van der Waals surface area contributed by atoms with Crippen molar-refractivity contribution in [1.82, 2.24) is 4.90 Å². The van der Waals surface area contributed by atoms with E-state index in [-0.39, 0.29) is 23.1 Å². The number of anilines is 1. The molecule has 0 radical (unpaired) electrons. The minimum absolute atomic E-state index is 0.248. The Morgan fingerprint density at radius 3 is 2.38 bits per heavy atom. The molecular formula is C27H33F3N2O4S. The van der Waals surface area contributed by atoms with Crippen LogP contribution in [0.5, 0.6) is 5.75 Å². The lowest BCUT2D eigenvalue weighted by Crippen LogP contribution is -2.46. The fourth-order valence-electron chi connectivity index (χ4n) is 4.38. The number of unbranched alkanes of at least 4 members (excludes halogenated alkanes) is 3. The minimum Gasteiger partial charge on any atom is -0.480 e. The van der Waals surface area contributed by atoms with E-state index in [2.05, 4.69) is 17.0 Å².